The fourth-order valence-electron chi connectivity index (χ4n) is 2.90. The van der Waals surface area contributed by atoms with Crippen LogP contribution < -0.4 is 0 Å². The number of carbonyl (C=O) groups excluding carboxylic acids is 1. The van der Waals surface area contributed by atoms with Crippen LogP contribution in [-0.4, -0.2) is 6.29 Å². The topological polar surface area (TPSA) is 17.1 Å². The minimum absolute atomic E-state index is 0.168. The molecule has 3 saturated carbocycles. The molecule has 12 heavy (non-hydrogen) atoms. The summed E-state index contributed by atoms with van der Waals surface area (Å²) in [5.74, 6) is 1.55. The lowest BCUT2D eigenvalue weighted by Crippen LogP contribution is -2.52. The van der Waals surface area contributed by atoms with Gasteiger partial charge in [0.05, 0.1) is 0 Å². The zero-order valence-corrected chi connectivity index (χ0v) is 7.84. The first-order chi connectivity index (χ1) is 5.57. The van der Waals surface area contributed by atoms with Crippen LogP contribution in [0, 0.1) is 23.2 Å². The van der Waals surface area contributed by atoms with Gasteiger partial charge in [-0.2, -0.15) is 0 Å². The van der Waals surface area contributed by atoms with E-state index in [2.05, 4.69) is 20.4 Å². The fraction of sp³-hybridized carbons (Fsp3) is 0.727. The van der Waals surface area contributed by atoms with Crippen LogP contribution in [0.3, 0.4) is 0 Å². The molecule has 0 aromatic heterocycles. The Morgan fingerprint density at radius 2 is 2.17 bits per heavy atom. The maximum absolute atomic E-state index is 10.7. The lowest BCUT2D eigenvalue weighted by Gasteiger charge is -2.59. The number of carbonyl (C=O) groups is 1. The molecule has 0 amide bonds. The van der Waals surface area contributed by atoms with Crippen LogP contribution in [0.15, 0.2) is 12.2 Å². The molecule has 3 aliphatic rings. The molecule has 2 bridgehead atoms. The van der Waals surface area contributed by atoms with Gasteiger partial charge in [0.2, 0.25) is 0 Å². The molecule has 0 heterocycles. The number of aldehydes is 1. The Hall–Kier alpha value is -0.590. The number of hydrogen-bond donors (Lipinski definition) is 0. The van der Waals surface area contributed by atoms with E-state index in [0.29, 0.717) is 11.3 Å². The minimum Gasteiger partial charge on any atom is -0.303 e. The van der Waals surface area contributed by atoms with Gasteiger partial charge in [-0.1, -0.05) is 26.0 Å². The summed E-state index contributed by atoms with van der Waals surface area (Å²) in [6.07, 6.45) is 3.40. The van der Waals surface area contributed by atoms with Gasteiger partial charge < -0.3 is 4.79 Å². The smallest absolute Gasteiger partial charge is 0.127 e. The van der Waals surface area contributed by atoms with Gasteiger partial charge in [-0.05, 0) is 30.1 Å². The molecular weight excluding hydrogens is 148 g/mol. The molecule has 3 atom stereocenters. The standard InChI is InChI=1S/C11H16O/c1-7-8(6-12)4-9-5-10(7)11(9,2)3/h6,8-10H,1,4-5H2,2-3H3/t8?,9-,10-/m0/s1. The Kier molecular flexibility index (Phi) is 1.48. The van der Waals surface area contributed by atoms with Crippen molar-refractivity contribution in [2.75, 3.05) is 0 Å². The summed E-state index contributed by atoms with van der Waals surface area (Å²) < 4.78 is 0. The van der Waals surface area contributed by atoms with Crippen LogP contribution in [0.25, 0.3) is 0 Å². The summed E-state index contributed by atoms with van der Waals surface area (Å²) in [7, 11) is 0. The van der Waals surface area contributed by atoms with Gasteiger partial charge in [0.1, 0.15) is 6.29 Å². The highest BCUT2D eigenvalue weighted by atomic mass is 16.1. The van der Waals surface area contributed by atoms with Crippen LogP contribution in [0.4, 0.5) is 0 Å². The molecule has 0 aromatic rings. The summed E-state index contributed by atoms with van der Waals surface area (Å²) in [6.45, 7) is 8.66. The van der Waals surface area contributed by atoms with E-state index >= 15 is 0 Å². The summed E-state index contributed by atoms with van der Waals surface area (Å²) in [5.41, 5.74) is 1.62. The van der Waals surface area contributed by atoms with Gasteiger partial charge >= 0.3 is 0 Å². The van der Waals surface area contributed by atoms with Crippen molar-refractivity contribution < 1.29 is 4.79 Å². The van der Waals surface area contributed by atoms with Crippen LogP contribution in [0.2, 0.25) is 0 Å². The Bertz CT molecular complexity index is 239. The third-order valence-corrected chi connectivity index (χ3v) is 4.10. The molecule has 3 fully saturated rings. The largest absolute Gasteiger partial charge is 0.303 e. The molecular formula is C11H16O. The first kappa shape index (κ1) is 8.03. The van der Waals surface area contributed by atoms with Crippen molar-refractivity contribution in [2.24, 2.45) is 23.2 Å². The van der Waals surface area contributed by atoms with Gasteiger partial charge in [-0.25, -0.2) is 0 Å². The molecule has 3 aliphatic carbocycles. The molecule has 0 radical (unpaired) electrons. The molecule has 66 valence electrons. The number of hydrogen-bond acceptors (Lipinski definition) is 1. The third-order valence-electron chi connectivity index (χ3n) is 4.10. The summed E-state index contributed by atoms with van der Waals surface area (Å²) in [5, 5.41) is 0. The Balaban J connectivity index is 2.22. The predicted octanol–water partition coefficient (Wildman–Crippen LogP) is 2.42. The Labute approximate surface area is 73.8 Å². The summed E-state index contributed by atoms with van der Waals surface area (Å²) >= 11 is 0. The van der Waals surface area contributed by atoms with Crippen molar-refractivity contribution in [2.45, 2.75) is 26.7 Å². The highest BCUT2D eigenvalue weighted by Crippen LogP contribution is 2.61. The van der Waals surface area contributed by atoms with E-state index in [1.807, 2.05) is 0 Å². The lowest BCUT2D eigenvalue weighted by atomic mass is 9.45. The van der Waals surface area contributed by atoms with E-state index in [1.165, 1.54) is 12.0 Å². The van der Waals surface area contributed by atoms with E-state index in [-0.39, 0.29) is 5.92 Å². The second-order valence-corrected chi connectivity index (χ2v) is 4.86. The van der Waals surface area contributed by atoms with Gasteiger partial charge in [0.25, 0.3) is 0 Å². The van der Waals surface area contributed by atoms with Crippen molar-refractivity contribution in [1.82, 2.24) is 0 Å². The first-order valence-corrected chi connectivity index (χ1v) is 4.71. The number of fused-ring (bicyclic) bond motifs is 2. The molecule has 3 rings (SSSR count). The van der Waals surface area contributed by atoms with E-state index in [9.17, 15) is 4.79 Å². The second-order valence-electron chi connectivity index (χ2n) is 4.86. The van der Waals surface area contributed by atoms with E-state index < -0.39 is 0 Å². The van der Waals surface area contributed by atoms with E-state index in [0.717, 1.165) is 18.6 Å². The average molecular weight is 164 g/mol. The predicted molar refractivity (Wildman–Crippen MR) is 48.7 cm³/mol. The maximum Gasteiger partial charge on any atom is 0.127 e. The van der Waals surface area contributed by atoms with E-state index in [4.69, 9.17) is 0 Å². The summed E-state index contributed by atoms with van der Waals surface area (Å²) in [6, 6.07) is 0. The lowest BCUT2D eigenvalue weighted by molar-refractivity contribution is -0.116. The van der Waals surface area contributed by atoms with Crippen LogP contribution in [0.1, 0.15) is 26.7 Å². The molecule has 1 unspecified atom stereocenters. The van der Waals surface area contributed by atoms with Crippen molar-refractivity contribution in [1.29, 1.82) is 0 Å². The second kappa shape index (κ2) is 2.21. The van der Waals surface area contributed by atoms with Gasteiger partial charge in [-0.3, -0.25) is 0 Å². The molecule has 0 saturated heterocycles. The average Bonchev–Trinajstić information content (AvgIpc) is 2.03. The number of allylic oxidation sites excluding steroid dienone is 1. The van der Waals surface area contributed by atoms with Crippen LogP contribution in [-0.2, 0) is 4.79 Å². The first-order valence-electron chi connectivity index (χ1n) is 4.71. The summed E-state index contributed by atoms with van der Waals surface area (Å²) in [4.78, 5) is 10.7. The zero-order valence-electron chi connectivity index (χ0n) is 7.84. The highest BCUT2D eigenvalue weighted by Gasteiger charge is 2.54. The Morgan fingerprint density at radius 3 is 2.58 bits per heavy atom. The van der Waals surface area contributed by atoms with Crippen LogP contribution in [0.5, 0.6) is 0 Å². The van der Waals surface area contributed by atoms with Crippen molar-refractivity contribution in [3.05, 3.63) is 12.2 Å². The van der Waals surface area contributed by atoms with Crippen LogP contribution >= 0.6 is 0 Å². The van der Waals surface area contributed by atoms with Gasteiger partial charge in [0, 0.05) is 5.92 Å². The normalized spacial score (nSPS) is 43.5. The van der Waals surface area contributed by atoms with Crippen molar-refractivity contribution in [3.8, 4) is 0 Å². The quantitative estimate of drug-likeness (QED) is 0.429. The molecule has 0 aliphatic heterocycles. The minimum atomic E-state index is 0.168. The zero-order chi connectivity index (χ0) is 8.93. The van der Waals surface area contributed by atoms with Crippen molar-refractivity contribution in [3.63, 3.8) is 0 Å². The molecule has 0 aromatic carbocycles. The highest BCUT2D eigenvalue weighted by molar-refractivity contribution is 5.60. The van der Waals surface area contributed by atoms with Gasteiger partial charge in [0.15, 0.2) is 0 Å². The SMILES string of the molecule is C=C1C(C=O)C[C@H]2C[C@@H]1C2(C)C. The van der Waals surface area contributed by atoms with Gasteiger partial charge in [-0.15, -0.1) is 0 Å². The van der Waals surface area contributed by atoms with E-state index in [1.54, 1.807) is 0 Å². The number of rotatable bonds is 1. The Morgan fingerprint density at radius 1 is 1.50 bits per heavy atom. The fourth-order valence-corrected chi connectivity index (χ4v) is 2.90. The molecule has 0 N–H and O–H groups in total. The molecule has 0 spiro atoms. The molecule has 1 heteroatoms. The van der Waals surface area contributed by atoms with Crippen molar-refractivity contribution >= 4 is 6.29 Å². The monoisotopic (exact) mass is 164 g/mol. The maximum atomic E-state index is 10.7. The molecule has 1 nitrogen and oxygen atoms in total. The third kappa shape index (κ3) is 0.769.